The van der Waals surface area contributed by atoms with Crippen molar-refractivity contribution in [2.24, 2.45) is 0 Å². The van der Waals surface area contributed by atoms with E-state index >= 15 is 0 Å². The summed E-state index contributed by atoms with van der Waals surface area (Å²) in [5.74, 6) is -0.0505. The molecule has 0 aromatic heterocycles. The Bertz CT molecular complexity index is 652. The summed E-state index contributed by atoms with van der Waals surface area (Å²) in [7, 11) is -3.59. The van der Waals surface area contributed by atoms with E-state index in [1.54, 1.807) is 0 Å². The summed E-state index contributed by atoms with van der Waals surface area (Å²) in [5, 5.41) is 0. The monoisotopic (exact) mass is 346 g/mol. The highest BCUT2D eigenvalue weighted by Crippen LogP contribution is 2.41. The summed E-state index contributed by atoms with van der Waals surface area (Å²) < 4.78 is 55.2. The van der Waals surface area contributed by atoms with Gasteiger partial charge >= 0.3 is 6.61 Å². The molecule has 23 heavy (non-hydrogen) atoms. The third-order valence-electron chi connectivity index (χ3n) is 4.66. The molecule has 0 unspecified atom stereocenters. The Morgan fingerprint density at radius 3 is 2.13 bits per heavy atom. The van der Waals surface area contributed by atoms with Crippen LogP contribution < -0.4 is 4.74 Å². The van der Waals surface area contributed by atoms with E-state index < -0.39 is 16.6 Å². The lowest BCUT2D eigenvalue weighted by Crippen LogP contribution is -2.52. The average Bonchev–Trinajstić information content (AvgIpc) is 3.26. The van der Waals surface area contributed by atoms with E-state index in [0.717, 1.165) is 13.1 Å². The molecule has 5 nitrogen and oxygen atoms in total. The van der Waals surface area contributed by atoms with Crippen molar-refractivity contribution in [3.8, 4) is 5.75 Å². The second-order valence-corrected chi connectivity index (χ2v) is 8.18. The van der Waals surface area contributed by atoms with Crippen LogP contribution in [0, 0.1) is 0 Å². The van der Waals surface area contributed by atoms with Gasteiger partial charge in [-0.25, -0.2) is 8.42 Å². The minimum atomic E-state index is -3.59. The molecule has 2 fully saturated rings. The fourth-order valence-corrected chi connectivity index (χ4v) is 4.33. The summed E-state index contributed by atoms with van der Waals surface area (Å²) in [6.07, 6.45) is 2.34. The summed E-state index contributed by atoms with van der Waals surface area (Å²) in [4.78, 5) is 2.45. The molecule has 1 saturated carbocycles. The van der Waals surface area contributed by atoms with Gasteiger partial charge in [-0.15, -0.1) is 0 Å². The zero-order chi connectivity index (χ0) is 16.7. The lowest BCUT2D eigenvalue weighted by Gasteiger charge is -2.37. The summed E-state index contributed by atoms with van der Waals surface area (Å²) in [6, 6.07) is 5.12. The predicted octanol–water partition coefficient (Wildman–Crippen LogP) is 2.15. The maximum absolute atomic E-state index is 12.6. The van der Waals surface area contributed by atoms with Gasteiger partial charge in [-0.05, 0) is 44.0 Å². The molecule has 0 amide bonds. The first-order chi connectivity index (χ1) is 10.8. The van der Waals surface area contributed by atoms with Crippen LogP contribution in [0.25, 0.3) is 0 Å². The second kappa shape index (κ2) is 5.99. The van der Waals surface area contributed by atoms with Gasteiger partial charge in [0.15, 0.2) is 0 Å². The van der Waals surface area contributed by atoms with E-state index in [2.05, 4.69) is 16.6 Å². The number of nitrogens with zero attached hydrogens (tertiary/aromatic N) is 2. The van der Waals surface area contributed by atoms with Crippen LogP contribution in [0.2, 0.25) is 0 Å². The molecule has 1 aliphatic heterocycles. The van der Waals surface area contributed by atoms with Crippen LogP contribution in [-0.2, 0) is 10.0 Å². The number of benzene rings is 1. The molecule has 0 bridgehead atoms. The highest BCUT2D eigenvalue weighted by molar-refractivity contribution is 7.89. The fourth-order valence-electron chi connectivity index (χ4n) is 2.91. The van der Waals surface area contributed by atoms with Crippen molar-refractivity contribution in [1.82, 2.24) is 9.21 Å². The number of halogens is 2. The molecule has 128 valence electrons. The van der Waals surface area contributed by atoms with Gasteiger partial charge in [-0.1, -0.05) is 0 Å². The van der Waals surface area contributed by atoms with Gasteiger partial charge in [-0.2, -0.15) is 13.1 Å². The molecule has 0 atom stereocenters. The van der Waals surface area contributed by atoms with Gasteiger partial charge in [0.05, 0.1) is 4.90 Å². The van der Waals surface area contributed by atoms with E-state index in [0.29, 0.717) is 13.1 Å². The zero-order valence-electron chi connectivity index (χ0n) is 12.9. The normalized spacial score (nSPS) is 22.3. The Morgan fingerprint density at radius 2 is 1.65 bits per heavy atom. The number of rotatable bonds is 5. The van der Waals surface area contributed by atoms with Crippen LogP contribution in [0.15, 0.2) is 29.2 Å². The van der Waals surface area contributed by atoms with Crippen molar-refractivity contribution in [2.75, 3.05) is 26.2 Å². The second-order valence-electron chi connectivity index (χ2n) is 6.24. The topological polar surface area (TPSA) is 49.9 Å². The predicted molar refractivity (Wildman–Crippen MR) is 81.0 cm³/mol. The van der Waals surface area contributed by atoms with Crippen LogP contribution in [0.1, 0.15) is 19.8 Å². The third kappa shape index (κ3) is 3.49. The number of sulfonamides is 1. The molecular weight excluding hydrogens is 326 g/mol. The number of alkyl halides is 2. The maximum atomic E-state index is 12.6. The molecule has 8 heteroatoms. The van der Waals surface area contributed by atoms with Crippen molar-refractivity contribution in [3.05, 3.63) is 24.3 Å². The number of ether oxygens (including phenoxy) is 1. The first kappa shape index (κ1) is 16.6. The molecule has 1 aromatic rings. The van der Waals surface area contributed by atoms with Crippen molar-refractivity contribution in [2.45, 2.75) is 36.8 Å². The van der Waals surface area contributed by atoms with E-state index in [1.807, 2.05) is 0 Å². The van der Waals surface area contributed by atoms with Crippen molar-refractivity contribution in [3.63, 3.8) is 0 Å². The highest BCUT2D eigenvalue weighted by Gasteiger charge is 2.44. The Morgan fingerprint density at radius 1 is 1.09 bits per heavy atom. The molecule has 1 saturated heterocycles. The summed E-state index contributed by atoms with van der Waals surface area (Å²) >= 11 is 0. The molecule has 0 spiro atoms. The lowest BCUT2D eigenvalue weighted by atomic mass is 10.2. The quantitative estimate of drug-likeness (QED) is 0.820. The van der Waals surface area contributed by atoms with E-state index in [9.17, 15) is 17.2 Å². The van der Waals surface area contributed by atoms with E-state index in [4.69, 9.17) is 0 Å². The highest BCUT2D eigenvalue weighted by atomic mass is 32.2. The Kier molecular flexibility index (Phi) is 4.33. The van der Waals surface area contributed by atoms with Crippen LogP contribution in [0.4, 0.5) is 8.78 Å². The van der Waals surface area contributed by atoms with Gasteiger partial charge in [0.1, 0.15) is 5.75 Å². The molecule has 1 aliphatic carbocycles. The van der Waals surface area contributed by atoms with Gasteiger partial charge < -0.3 is 4.74 Å². The first-order valence-corrected chi connectivity index (χ1v) is 9.05. The molecule has 1 heterocycles. The van der Waals surface area contributed by atoms with Crippen LogP contribution in [0.3, 0.4) is 0 Å². The minimum absolute atomic E-state index is 0.0505. The number of piperazine rings is 1. The van der Waals surface area contributed by atoms with Crippen LogP contribution in [-0.4, -0.2) is 56.0 Å². The summed E-state index contributed by atoms with van der Waals surface area (Å²) in [5.41, 5.74) is 0.254. The van der Waals surface area contributed by atoms with E-state index in [1.165, 1.54) is 41.4 Å². The Labute approximate surface area is 134 Å². The largest absolute Gasteiger partial charge is 0.435 e. The van der Waals surface area contributed by atoms with Gasteiger partial charge in [-0.3, -0.25) is 4.90 Å². The molecule has 0 radical (unpaired) electrons. The first-order valence-electron chi connectivity index (χ1n) is 7.61. The van der Waals surface area contributed by atoms with Crippen molar-refractivity contribution < 1.29 is 21.9 Å². The fraction of sp³-hybridized carbons (Fsp3) is 0.600. The average molecular weight is 346 g/mol. The van der Waals surface area contributed by atoms with Crippen LogP contribution >= 0.6 is 0 Å². The smallest absolute Gasteiger partial charge is 0.387 e. The molecule has 3 rings (SSSR count). The molecule has 0 N–H and O–H groups in total. The molecule has 2 aliphatic rings. The van der Waals surface area contributed by atoms with Crippen LogP contribution in [0.5, 0.6) is 5.75 Å². The Hall–Kier alpha value is -1.25. The third-order valence-corrected chi connectivity index (χ3v) is 6.58. The SMILES string of the molecule is CC1(N2CCN(S(=O)(=O)c3ccc(OC(F)F)cc3)CC2)CC1. The van der Waals surface area contributed by atoms with Gasteiger partial charge in [0, 0.05) is 31.7 Å². The van der Waals surface area contributed by atoms with E-state index in [-0.39, 0.29) is 16.2 Å². The van der Waals surface area contributed by atoms with Gasteiger partial charge in [0.25, 0.3) is 0 Å². The van der Waals surface area contributed by atoms with Crippen molar-refractivity contribution in [1.29, 1.82) is 0 Å². The summed E-state index contributed by atoms with van der Waals surface area (Å²) in [6.45, 7) is 1.64. The minimum Gasteiger partial charge on any atom is -0.435 e. The molecular formula is C15H20F2N2O3S. The number of hydrogen-bond acceptors (Lipinski definition) is 4. The standard InChI is InChI=1S/C15H20F2N2O3S/c1-15(6-7-15)18-8-10-19(11-9-18)23(20,21)13-4-2-12(3-5-13)22-14(16)17/h2-5,14H,6-11H2,1H3. The maximum Gasteiger partial charge on any atom is 0.387 e. The number of hydrogen-bond donors (Lipinski definition) is 0. The zero-order valence-corrected chi connectivity index (χ0v) is 13.7. The van der Waals surface area contributed by atoms with Gasteiger partial charge in [0.2, 0.25) is 10.0 Å². The Balaban J connectivity index is 1.67. The van der Waals surface area contributed by atoms with Crippen molar-refractivity contribution >= 4 is 10.0 Å². The molecule has 1 aromatic carbocycles. The lowest BCUT2D eigenvalue weighted by molar-refractivity contribution is -0.0498.